The van der Waals surface area contributed by atoms with Gasteiger partial charge in [0.05, 0.1) is 41.8 Å². The second-order valence-corrected chi connectivity index (χ2v) is 6.42. The van der Waals surface area contributed by atoms with Gasteiger partial charge in [0.25, 0.3) is 5.91 Å². The molecule has 3 aromatic rings. The predicted octanol–water partition coefficient (Wildman–Crippen LogP) is 2.59. The van der Waals surface area contributed by atoms with E-state index < -0.39 is 0 Å². The molecule has 0 radical (unpaired) electrons. The highest BCUT2D eigenvalue weighted by atomic mass is 16.5. The normalized spacial score (nSPS) is 17.4. The molecule has 1 saturated heterocycles. The van der Waals surface area contributed by atoms with Gasteiger partial charge in [0.2, 0.25) is 5.88 Å². The minimum Gasteiger partial charge on any atom is -0.481 e. The largest absolute Gasteiger partial charge is 0.481 e. The van der Waals surface area contributed by atoms with Gasteiger partial charge in [-0.05, 0) is 38.0 Å². The fourth-order valence-electron chi connectivity index (χ4n) is 3.82. The first-order valence-corrected chi connectivity index (χ1v) is 8.41. The first kappa shape index (κ1) is 15.7. The number of hydrogen-bond donors (Lipinski definition) is 1. The topological polar surface area (TPSA) is 76.0 Å². The molecule has 1 aliphatic rings. The van der Waals surface area contributed by atoms with Gasteiger partial charge in [0, 0.05) is 19.2 Å². The number of nitrogens with zero attached hydrogens (tertiary/aromatic N) is 4. The number of imidazole rings is 1. The van der Waals surface area contributed by atoms with E-state index in [2.05, 4.69) is 15.1 Å². The molecule has 1 amide bonds. The van der Waals surface area contributed by atoms with Crippen molar-refractivity contribution in [2.45, 2.75) is 25.8 Å². The quantitative estimate of drug-likeness (QED) is 0.796. The van der Waals surface area contributed by atoms with Crippen LogP contribution < -0.4 is 4.74 Å². The number of methoxy groups -OCH3 is 1. The summed E-state index contributed by atoms with van der Waals surface area (Å²) in [5, 5.41) is 4.47. The Morgan fingerprint density at radius 2 is 2.24 bits per heavy atom. The maximum absolute atomic E-state index is 13.1. The molecule has 3 heterocycles. The van der Waals surface area contributed by atoms with E-state index in [0.717, 1.165) is 47.6 Å². The molecule has 1 aromatic carbocycles. The number of aryl methyl sites for hydroxylation is 2. The van der Waals surface area contributed by atoms with Gasteiger partial charge in [-0.3, -0.25) is 4.79 Å². The van der Waals surface area contributed by atoms with E-state index in [1.165, 1.54) is 0 Å². The van der Waals surface area contributed by atoms with Crippen molar-refractivity contribution in [2.75, 3.05) is 13.7 Å². The molecular formula is C18H21N5O2. The van der Waals surface area contributed by atoms with Gasteiger partial charge in [0.1, 0.15) is 0 Å². The number of H-pyrrole nitrogens is 1. The lowest BCUT2D eigenvalue weighted by Gasteiger charge is -2.25. The summed E-state index contributed by atoms with van der Waals surface area (Å²) < 4.78 is 7.28. The summed E-state index contributed by atoms with van der Waals surface area (Å²) in [6.07, 6.45) is 3.53. The number of fused-ring (bicyclic) bond motifs is 1. The maximum atomic E-state index is 13.1. The Hall–Kier alpha value is -2.83. The predicted molar refractivity (Wildman–Crippen MR) is 93.6 cm³/mol. The minimum absolute atomic E-state index is 0.00591. The third-order valence-electron chi connectivity index (χ3n) is 4.92. The van der Waals surface area contributed by atoms with Gasteiger partial charge in [-0.25, -0.2) is 9.67 Å². The van der Waals surface area contributed by atoms with E-state index in [9.17, 15) is 4.79 Å². The van der Waals surface area contributed by atoms with E-state index in [1.54, 1.807) is 18.1 Å². The number of aromatic nitrogens is 4. The van der Waals surface area contributed by atoms with Crippen molar-refractivity contribution in [1.82, 2.24) is 24.6 Å². The zero-order chi connectivity index (χ0) is 17.6. The van der Waals surface area contributed by atoms with Gasteiger partial charge < -0.3 is 14.6 Å². The van der Waals surface area contributed by atoms with Gasteiger partial charge in [-0.1, -0.05) is 0 Å². The summed E-state index contributed by atoms with van der Waals surface area (Å²) >= 11 is 0. The Morgan fingerprint density at radius 3 is 3.04 bits per heavy atom. The smallest absolute Gasteiger partial charge is 0.254 e. The molecule has 1 N–H and O–H groups in total. The Balaban J connectivity index is 1.70. The van der Waals surface area contributed by atoms with E-state index in [4.69, 9.17) is 4.74 Å². The van der Waals surface area contributed by atoms with Crippen LogP contribution >= 0.6 is 0 Å². The second-order valence-electron chi connectivity index (χ2n) is 6.42. The van der Waals surface area contributed by atoms with Crippen LogP contribution in [0.3, 0.4) is 0 Å². The van der Waals surface area contributed by atoms with Crippen molar-refractivity contribution < 1.29 is 9.53 Å². The molecule has 7 nitrogen and oxygen atoms in total. The van der Waals surface area contributed by atoms with Crippen LogP contribution in [0.1, 0.15) is 40.5 Å². The Bertz CT molecular complexity index is 942. The third kappa shape index (κ3) is 2.47. The number of hydrogen-bond acceptors (Lipinski definition) is 4. The summed E-state index contributed by atoms with van der Waals surface area (Å²) in [4.78, 5) is 22.3. The molecule has 0 saturated carbocycles. The molecule has 25 heavy (non-hydrogen) atoms. The molecule has 0 spiro atoms. The minimum atomic E-state index is -0.00591. The van der Waals surface area contributed by atoms with Gasteiger partial charge in [-0.15, -0.1) is 0 Å². The number of benzene rings is 1. The number of likely N-dealkylation sites (tertiary alicyclic amines) is 1. The highest BCUT2D eigenvalue weighted by Crippen LogP contribution is 2.39. The highest BCUT2D eigenvalue weighted by Gasteiger charge is 2.35. The van der Waals surface area contributed by atoms with Crippen molar-refractivity contribution in [3.8, 4) is 5.88 Å². The Morgan fingerprint density at radius 1 is 1.40 bits per heavy atom. The molecule has 7 heteroatoms. The highest BCUT2D eigenvalue weighted by molar-refractivity contribution is 5.97. The van der Waals surface area contributed by atoms with E-state index in [1.807, 2.05) is 37.1 Å². The monoisotopic (exact) mass is 339 g/mol. The molecule has 2 aromatic heterocycles. The zero-order valence-electron chi connectivity index (χ0n) is 14.6. The maximum Gasteiger partial charge on any atom is 0.254 e. The zero-order valence-corrected chi connectivity index (χ0v) is 14.6. The van der Waals surface area contributed by atoms with Crippen LogP contribution in [0.25, 0.3) is 11.0 Å². The fourth-order valence-corrected chi connectivity index (χ4v) is 3.82. The summed E-state index contributed by atoms with van der Waals surface area (Å²) in [5.74, 6) is 0.760. The van der Waals surface area contributed by atoms with E-state index in [-0.39, 0.29) is 11.9 Å². The summed E-state index contributed by atoms with van der Waals surface area (Å²) in [7, 11) is 3.51. The summed E-state index contributed by atoms with van der Waals surface area (Å²) in [5.41, 5.74) is 4.33. The molecular weight excluding hydrogens is 318 g/mol. The van der Waals surface area contributed by atoms with Crippen LogP contribution in [-0.4, -0.2) is 44.2 Å². The second kappa shape index (κ2) is 5.91. The number of amides is 1. The standard InChI is InChI=1S/C18H21N5O2/c1-11-16(18(25-3)22(2)21-11)15-5-4-8-23(15)17(24)12-6-7-13-14(9-12)20-10-19-13/h6-7,9-10,15H,4-5,8H2,1-3H3,(H,19,20). The lowest BCUT2D eigenvalue weighted by molar-refractivity contribution is 0.0734. The van der Waals surface area contributed by atoms with Crippen molar-refractivity contribution in [2.24, 2.45) is 7.05 Å². The number of rotatable bonds is 3. The number of ether oxygens (including phenoxy) is 1. The number of carbonyl (C=O) groups excluding carboxylic acids is 1. The fraction of sp³-hybridized carbons (Fsp3) is 0.389. The third-order valence-corrected chi connectivity index (χ3v) is 4.92. The van der Waals surface area contributed by atoms with Crippen LogP contribution in [0.2, 0.25) is 0 Å². The number of carbonyl (C=O) groups is 1. The van der Waals surface area contributed by atoms with Crippen molar-refractivity contribution in [3.63, 3.8) is 0 Å². The van der Waals surface area contributed by atoms with Gasteiger partial charge in [-0.2, -0.15) is 5.10 Å². The molecule has 130 valence electrons. The number of nitrogens with one attached hydrogen (secondary N) is 1. The SMILES string of the molecule is COc1c(C2CCCN2C(=O)c2ccc3nc[nH]c3c2)c(C)nn1C. The average Bonchev–Trinajstić information content (AvgIpc) is 3.31. The molecule has 1 unspecified atom stereocenters. The molecule has 0 aliphatic carbocycles. The molecule has 1 aliphatic heterocycles. The van der Waals surface area contributed by atoms with E-state index in [0.29, 0.717) is 5.56 Å². The number of aromatic amines is 1. The average molecular weight is 339 g/mol. The van der Waals surface area contributed by atoms with Gasteiger partial charge >= 0.3 is 0 Å². The van der Waals surface area contributed by atoms with Gasteiger partial charge in [0.15, 0.2) is 0 Å². The van der Waals surface area contributed by atoms with Crippen LogP contribution in [0, 0.1) is 6.92 Å². The first-order valence-electron chi connectivity index (χ1n) is 8.41. The van der Waals surface area contributed by atoms with Crippen molar-refractivity contribution in [1.29, 1.82) is 0 Å². The van der Waals surface area contributed by atoms with Crippen LogP contribution in [-0.2, 0) is 7.05 Å². The first-order chi connectivity index (χ1) is 12.1. The van der Waals surface area contributed by atoms with E-state index >= 15 is 0 Å². The van der Waals surface area contributed by atoms with Crippen molar-refractivity contribution >= 4 is 16.9 Å². The summed E-state index contributed by atoms with van der Waals surface area (Å²) in [6, 6.07) is 5.58. The lowest BCUT2D eigenvalue weighted by Crippen LogP contribution is -2.31. The van der Waals surface area contributed by atoms with Crippen molar-refractivity contribution in [3.05, 3.63) is 41.3 Å². The van der Waals surface area contributed by atoms with Crippen LogP contribution in [0.4, 0.5) is 0 Å². The molecule has 0 bridgehead atoms. The molecule has 1 atom stereocenters. The molecule has 4 rings (SSSR count). The Labute approximate surface area is 145 Å². The van der Waals surface area contributed by atoms with Crippen LogP contribution in [0.5, 0.6) is 5.88 Å². The van der Waals surface area contributed by atoms with Crippen LogP contribution in [0.15, 0.2) is 24.5 Å². The lowest BCUT2D eigenvalue weighted by atomic mass is 10.0. The molecule has 1 fully saturated rings. The Kier molecular flexibility index (Phi) is 3.71. The summed E-state index contributed by atoms with van der Waals surface area (Å²) in [6.45, 7) is 2.71.